The normalized spacial score (nSPS) is 12.2. The molecule has 0 radical (unpaired) electrons. The number of aliphatic carboxylic acids is 1. The van der Waals surface area contributed by atoms with E-state index >= 15 is 0 Å². The Morgan fingerprint density at radius 3 is 2.38 bits per heavy atom. The van der Waals surface area contributed by atoms with Crippen molar-refractivity contribution in [1.29, 1.82) is 0 Å². The molecular formula is C30H37N5O7. The number of aromatic nitrogens is 1. The summed E-state index contributed by atoms with van der Waals surface area (Å²) in [6.07, 6.45) is 1.82. The number of nitrogens with one attached hydrogen (secondary N) is 4. The van der Waals surface area contributed by atoms with Crippen molar-refractivity contribution in [3.8, 4) is 5.75 Å². The first-order valence-corrected chi connectivity index (χ1v) is 13.5. The average Bonchev–Trinajstić information content (AvgIpc) is 3.38. The van der Waals surface area contributed by atoms with Crippen molar-refractivity contribution in [2.75, 3.05) is 17.7 Å². The van der Waals surface area contributed by atoms with Gasteiger partial charge in [-0.05, 0) is 48.6 Å². The minimum Gasteiger partial charge on any atom is -0.495 e. The Hall–Kier alpha value is -4.87. The second kappa shape index (κ2) is 14.7. The molecule has 12 nitrogen and oxygen atoms in total. The number of para-hydroxylation sites is 1. The molecule has 3 rings (SSSR count). The van der Waals surface area contributed by atoms with Crippen molar-refractivity contribution in [3.63, 3.8) is 0 Å². The molecule has 0 aliphatic heterocycles. The van der Waals surface area contributed by atoms with Gasteiger partial charge in [0, 0.05) is 19.0 Å². The van der Waals surface area contributed by atoms with Gasteiger partial charge in [0.25, 0.3) is 0 Å². The van der Waals surface area contributed by atoms with E-state index in [9.17, 15) is 24.3 Å². The Bertz CT molecular complexity index is 1420. The monoisotopic (exact) mass is 579 g/mol. The SMILES string of the molecule is COc1cc(CC(=O)NC(CC(C)C)c2nc(CC(NC(C)=O)C(=O)O)co2)ccc1NC(=O)Nc1ccccc1C. The molecule has 224 valence electrons. The number of nitrogens with zero attached hydrogens (tertiary/aromatic N) is 1. The molecule has 2 aromatic carbocycles. The van der Waals surface area contributed by atoms with Gasteiger partial charge in [-0.25, -0.2) is 14.6 Å². The third kappa shape index (κ3) is 9.36. The Morgan fingerprint density at radius 2 is 1.74 bits per heavy atom. The summed E-state index contributed by atoms with van der Waals surface area (Å²) in [4.78, 5) is 52.8. The third-order valence-electron chi connectivity index (χ3n) is 6.27. The maximum Gasteiger partial charge on any atom is 0.326 e. The molecule has 0 aliphatic rings. The predicted octanol–water partition coefficient (Wildman–Crippen LogP) is 4.21. The maximum absolute atomic E-state index is 13.0. The van der Waals surface area contributed by atoms with E-state index in [4.69, 9.17) is 9.15 Å². The van der Waals surface area contributed by atoms with Crippen LogP contribution in [0.25, 0.3) is 0 Å². The number of carbonyl (C=O) groups is 4. The van der Waals surface area contributed by atoms with Crippen LogP contribution in [0, 0.1) is 12.8 Å². The van der Waals surface area contributed by atoms with Crippen LogP contribution in [0.4, 0.5) is 16.2 Å². The van der Waals surface area contributed by atoms with E-state index in [1.807, 2.05) is 39.0 Å². The Kier molecular flexibility index (Phi) is 11.1. The van der Waals surface area contributed by atoms with E-state index in [1.165, 1.54) is 20.3 Å². The molecule has 2 unspecified atom stereocenters. The molecule has 0 saturated carbocycles. The van der Waals surface area contributed by atoms with E-state index in [-0.39, 0.29) is 30.6 Å². The van der Waals surface area contributed by atoms with Gasteiger partial charge in [-0.2, -0.15) is 0 Å². The molecule has 3 aromatic rings. The average molecular weight is 580 g/mol. The Morgan fingerprint density at radius 1 is 1.02 bits per heavy atom. The molecule has 4 amide bonds. The minimum atomic E-state index is -1.19. The van der Waals surface area contributed by atoms with E-state index in [0.717, 1.165) is 5.56 Å². The van der Waals surface area contributed by atoms with Crippen LogP contribution in [0.3, 0.4) is 0 Å². The van der Waals surface area contributed by atoms with Crippen LogP contribution in [-0.2, 0) is 27.2 Å². The second-order valence-electron chi connectivity index (χ2n) is 10.3. The summed E-state index contributed by atoms with van der Waals surface area (Å²) in [5, 5.41) is 20.3. The summed E-state index contributed by atoms with van der Waals surface area (Å²) >= 11 is 0. The zero-order valence-corrected chi connectivity index (χ0v) is 24.3. The molecule has 0 fully saturated rings. The lowest BCUT2D eigenvalue weighted by molar-refractivity contribution is -0.141. The highest BCUT2D eigenvalue weighted by Crippen LogP contribution is 2.27. The van der Waals surface area contributed by atoms with E-state index in [0.29, 0.717) is 34.8 Å². The number of benzene rings is 2. The standard InChI is InChI=1S/C30H37N5O7/c1-17(2)12-24(28-32-21(16-42-28)15-25(29(38)39)31-19(4)36)33-27(37)14-20-10-11-23(26(13-20)41-5)35-30(40)34-22-9-7-6-8-18(22)3/h6-11,13,16-17,24-25H,12,14-15H2,1-5H3,(H,31,36)(H,33,37)(H,38,39)(H2,34,35,40). The number of carboxylic acid groups (broad SMARTS) is 1. The van der Waals surface area contributed by atoms with Crippen LogP contribution in [0.1, 0.15) is 55.9 Å². The molecule has 42 heavy (non-hydrogen) atoms. The predicted molar refractivity (Wildman–Crippen MR) is 156 cm³/mol. The van der Waals surface area contributed by atoms with E-state index in [2.05, 4.69) is 26.3 Å². The summed E-state index contributed by atoms with van der Waals surface area (Å²) in [6.45, 7) is 7.12. The highest BCUT2D eigenvalue weighted by atomic mass is 16.5. The van der Waals surface area contributed by atoms with Crippen LogP contribution in [-0.4, -0.2) is 47.1 Å². The molecule has 0 bridgehead atoms. The summed E-state index contributed by atoms with van der Waals surface area (Å²) < 4.78 is 11.1. The van der Waals surface area contributed by atoms with Crippen molar-refractivity contribution in [1.82, 2.24) is 15.6 Å². The fourth-order valence-corrected chi connectivity index (χ4v) is 4.29. The lowest BCUT2D eigenvalue weighted by Crippen LogP contribution is -2.41. The number of amides is 4. The number of oxazole rings is 1. The first-order chi connectivity index (χ1) is 19.9. The quantitative estimate of drug-likeness (QED) is 0.200. The summed E-state index contributed by atoms with van der Waals surface area (Å²) in [5.74, 6) is -1.12. The lowest BCUT2D eigenvalue weighted by atomic mass is 10.0. The zero-order chi connectivity index (χ0) is 30.8. The number of carbonyl (C=O) groups excluding carboxylic acids is 3. The number of ether oxygens (including phenoxy) is 1. The topological polar surface area (TPSA) is 172 Å². The third-order valence-corrected chi connectivity index (χ3v) is 6.27. The smallest absolute Gasteiger partial charge is 0.326 e. The van der Waals surface area contributed by atoms with Gasteiger partial charge in [0.05, 0.1) is 24.9 Å². The Balaban J connectivity index is 1.67. The van der Waals surface area contributed by atoms with Crippen molar-refractivity contribution in [2.45, 2.75) is 59.0 Å². The number of aryl methyl sites for hydroxylation is 1. The molecule has 5 N–H and O–H groups in total. The molecule has 12 heteroatoms. The van der Waals surface area contributed by atoms with Gasteiger partial charge in [-0.15, -0.1) is 0 Å². The highest BCUT2D eigenvalue weighted by molar-refractivity contribution is 6.01. The fourth-order valence-electron chi connectivity index (χ4n) is 4.29. The molecule has 1 heterocycles. The van der Waals surface area contributed by atoms with Crippen molar-refractivity contribution in [3.05, 3.63) is 71.4 Å². The van der Waals surface area contributed by atoms with Crippen LogP contribution >= 0.6 is 0 Å². The largest absolute Gasteiger partial charge is 0.495 e. The number of urea groups is 1. The summed E-state index contributed by atoms with van der Waals surface area (Å²) in [5.41, 5.74) is 3.05. The van der Waals surface area contributed by atoms with Crippen LogP contribution in [0.5, 0.6) is 5.75 Å². The van der Waals surface area contributed by atoms with Gasteiger partial charge in [0.15, 0.2) is 0 Å². The second-order valence-corrected chi connectivity index (χ2v) is 10.3. The number of hydrogen-bond donors (Lipinski definition) is 5. The first-order valence-electron chi connectivity index (χ1n) is 13.5. The highest BCUT2D eigenvalue weighted by Gasteiger charge is 2.25. The van der Waals surface area contributed by atoms with E-state index < -0.39 is 30.0 Å². The molecule has 1 aromatic heterocycles. The summed E-state index contributed by atoms with van der Waals surface area (Å²) in [6, 6.07) is 10.3. The van der Waals surface area contributed by atoms with Gasteiger partial charge in [-0.1, -0.05) is 38.1 Å². The van der Waals surface area contributed by atoms with E-state index in [1.54, 1.807) is 24.3 Å². The molecule has 0 spiro atoms. The number of carboxylic acids is 1. The Labute approximate surface area is 244 Å². The molecule has 0 aliphatic carbocycles. The fraction of sp³-hybridized carbons (Fsp3) is 0.367. The number of hydrogen-bond acceptors (Lipinski definition) is 7. The van der Waals surface area contributed by atoms with Gasteiger partial charge in [0.2, 0.25) is 17.7 Å². The van der Waals surface area contributed by atoms with Gasteiger partial charge in [-0.3, -0.25) is 9.59 Å². The van der Waals surface area contributed by atoms with Crippen LogP contribution in [0.15, 0.2) is 53.1 Å². The van der Waals surface area contributed by atoms with Gasteiger partial charge < -0.3 is 35.5 Å². The van der Waals surface area contributed by atoms with Crippen LogP contribution < -0.4 is 26.0 Å². The van der Waals surface area contributed by atoms with Crippen LogP contribution in [0.2, 0.25) is 0 Å². The number of anilines is 2. The van der Waals surface area contributed by atoms with Gasteiger partial charge in [0.1, 0.15) is 24.1 Å². The first kappa shape index (κ1) is 31.7. The summed E-state index contributed by atoms with van der Waals surface area (Å²) in [7, 11) is 1.48. The molecule has 2 atom stereocenters. The van der Waals surface area contributed by atoms with Crippen molar-refractivity contribution in [2.24, 2.45) is 5.92 Å². The maximum atomic E-state index is 13.0. The number of rotatable bonds is 13. The molecular weight excluding hydrogens is 542 g/mol. The zero-order valence-electron chi connectivity index (χ0n) is 24.3. The minimum absolute atomic E-state index is 0.0256. The lowest BCUT2D eigenvalue weighted by Gasteiger charge is -2.18. The molecule has 0 saturated heterocycles. The number of methoxy groups -OCH3 is 1. The van der Waals surface area contributed by atoms with Gasteiger partial charge >= 0.3 is 12.0 Å². The van der Waals surface area contributed by atoms with Crippen molar-refractivity contribution < 1.29 is 33.4 Å². The van der Waals surface area contributed by atoms with Crippen molar-refractivity contribution >= 4 is 35.2 Å².